The van der Waals surface area contributed by atoms with Crippen LogP contribution in [-0.4, -0.2) is 51.2 Å². The molecular formula is C18H23N5O2S. The first-order valence-electron chi connectivity index (χ1n) is 9.02. The van der Waals surface area contributed by atoms with Crippen LogP contribution in [0.4, 0.5) is 5.82 Å². The molecule has 0 spiro atoms. The third kappa shape index (κ3) is 3.86. The molecule has 2 fully saturated rings. The maximum Gasteiger partial charge on any atom is 0.226 e. The Morgan fingerprint density at radius 1 is 1.42 bits per heavy atom. The lowest BCUT2D eigenvalue weighted by atomic mass is 9.78. The molecule has 1 aliphatic carbocycles. The first-order chi connectivity index (χ1) is 12.6. The van der Waals surface area contributed by atoms with Crippen molar-refractivity contribution in [2.75, 3.05) is 18.0 Å². The molecule has 3 heterocycles. The van der Waals surface area contributed by atoms with Crippen LogP contribution in [0.1, 0.15) is 41.6 Å². The number of β-amino-alcohol motifs (C(OH)–C–C–N with tert-alkyl or cyclic N) is 1. The lowest BCUT2D eigenvalue weighted by Crippen LogP contribution is -2.44. The quantitative estimate of drug-likeness (QED) is 0.824. The van der Waals surface area contributed by atoms with Gasteiger partial charge in [0.25, 0.3) is 0 Å². The molecule has 0 unspecified atom stereocenters. The van der Waals surface area contributed by atoms with Crippen molar-refractivity contribution in [3.8, 4) is 0 Å². The van der Waals surface area contributed by atoms with Gasteiger partial charge in [0.1, 0.15) is 12.1 Å². The summed E-state index contributed by atoms with van der Waals surface area (Å²) in [5.74, 6) is 1.28. The van der Waals surface area contributed by atoms with Crippen molar-refractivity contribution >= 4 is 23.1 Å². The summed E-state index contributed by atoms with van der Waals surface area (Å²) >= 11 is 1.57. The highest BCUT2D eigenvalue weighted by molar-refractivity contribution is 7.09. The monoisotopic (exact) mass is 373 g/mol. The standard InChI is InChI=1S/C18H23N5O2S/c1-11-21-14(9-26-11)6-18(25)22-13-4-12(5-13)16-7-17(20-10-19-16)23-3-2-15(24)8-23/h7,9-10,12-13,15,24H,2-6,8H2,1H3,(H,22,25)/t12?,13?,15-/m1/s1. The summed E-state index contributed by atoms with van der Waals surface area (Å²) in [4.78, 5) is 27.3. The van der Waals surface area contributed by atoms with Gasteiger partial charge in [-0.3, -0.25) is 4.79 Å². The van der Waals surface area contributed by atoms with Gasteiger partial charge in [-0.15, -0.1) is 11.3 Å². The Labute approximate surface area is 156 Å². The number of aromatic nitrogens is 3. The van der Waals surface area contributed by atoms with E-state index in [9.17, 15) is 9.90 Å². The summed E-state index contributed by atoms with van der Waals surface area (Å²) in [6, 6.07) is 2.23. The van der Waals surface area contributed by atoms with Crippen molar-refractivity contribution in [3.05, 3.63) is 34.2 Å². The predicted octanol–water partition coefficient (Wildman–Crippen LogP) is 1.42. The molecule has 2 N–H and O–H groups in total. The number of carbonyl (C=O) groups excluding carboxylic acids is 1. The number of aliphatic hydroxyl groups excluding tert-OH is 1. The van der Waals surface area contributed by atoms with Crippen LogP contribution in [0, 0.1) is 6.92 Å². The summed E-state index contributed by atoms with van der Waals surface area (Å²) in [5.41, 5.74) is 1.87. The highest BCUT2D eigenvalue weighted by Gasteiger charge is 2.33. The smallest absolute Gasteiger partial charge is 0.226 e. The van der Waals surface area contributed by atoms with Crippen LogP contribution >= 0.6 is 11.3 Å². The number of hydrogen-bond donors (Lipinski definition) is 2. The van der Waals surface area contributed by atoms with Gasteiger partial charge >= 0.3 is 0 Å². The summed E-state index contributed by atoms with van der Waals surface area (Å²) in [7, 11) is 0. The summed E-state index contributed by atoms with van der Waals surface area (Å²) in [5, 5.41) is 15.7. The molecule has 1 aliphatic heterocycles. The number of amides is 1. The Kier molecular flexibility index (Phi) is 4.86. The number of nitrogens with one attached hydrogen (secondary N) is 1. The molecule has 138 valence electrons. The molecule has 8 heteroatoms. The molecule has 0 bridgehead atoms. The molecule has 2 aliphatic rings. The van der Waals surface area contributed by atoms with E-state index in [-0.39, 0.29) is 18.1 Å². The van der Waals surface area contributed by atoms with Crippen molar-refractivity contribution in [2.24, 2.45) is 0 Å². The molecular weight excluding hydrogens is 350 g/mol. The SMILES string of the molecule is Cc1nc(CC(=O)NC2CC(c3cc(N4CC[C@@H](O)C4)ncn3)C2)cs1. The maximum atomic E-state index is 12.1. The van der Waals surface area contributed by atoms with Crippen molar-refractivity contribution in [1.29, 1.82) is 0 Å². The van der Waals surface area contributed by atoms with Crippen LogP contribution in [0.25, 0.3) is 0 Å². The van der Waals surface area contributed by atoms with Crippen molar-refractivity contribution < 1.29 is 9.90 Å². The molecule has 1 atom stereocenters. The van der Waals surface area contributed by atoms with Crippen molar-refractivity contribution in [2.45, 2.75) is 50.7 Å². The molecule has 2 aromatic rings. The van der Waals surface area contributed by atoms with Crippen LogP contribution in [0.5, 0.6) is 0 Å². The minimum Gasteiger partial charge on any atom is -0.391 e. The first kappa shape index (κ1) is 17.4. The second-order valence-corrected chi connectivity index (χ2v) is 8.22. The molecule has 1 saturated carbocycles. The van der Waals surface area contributed by atoms with E-state index in [1.807, 2.05) is 18.4 Å². The Balaban J connectivity index is 1.28. The van der Waals surface area contributed by atoms with Crippen LogP contribution in [-0.2, 0) is 11.2 Å². The Hall–Kier alpha value is -2.06. The number of aliphatic hydroxyl groups is 1. The van der Waals surface area contributed by atoms with Gasteiger partial charge in [0.15, 0.2) is 0 Å². The van der Waals surface area contributed by atoms with Crippen LogP contribution in [0.15, 0.2) is 17.8 Å². The van der Waals surface area contributed by atoms with Crippen LogP contribution in [0.3, 0.4) is 0 Å². The maximum absolute atomic E-state index is 12.1. The third-order valence-corrected chi connectivity index (χ3v) is 5.91. The number of thiazole rings is 1. The van der Waals surface area contributed by atoms with Crippen LogP contribution in [0.2, 0.25) is 0 Å². The Morgan fingerprint density at radius 3 is 2.96 bits per heavy atom. The topological polar surface area (TPSA) is 91.2 Å². The molecule has 7 nitrogen and oxygen atoms in total. The van der Waals surface area contributed by atoms with Crippen molar-refractivity contribution in [3.63, 3.8) is 0 Å². The van der Waals surface area contributed by atoms with E-state index in [1.54, 1.807) is 17.7 Å². The molecule has 1 saturated heterocycles. The summed E-state index contributed by atoms with van der Waals surface area (Å²) in [6.45, 7) is 3.41. The minimum absolute atomic E-state index is 0.0354. The summed E-state index contributed by atoms with van der Waals surface area (Å²) in [6.07, 6.45) is 4.28. The molecule has 26 heavy (non-hydrogen) atoms. The normalized spacial score (nSPS) is 25.2. The zero-order valence-corrected chi connectivity index (χ0v) is 15.6. The van der Waals surface area contributed by atoms with Crippen molar-refractivity contribution in [1.82, 2.24) is 20.3 Å². The van der Waals surface area contributed by atoms with Gasteiger partial charge < -0.3 is 15.3 Å². The average molecular weight is 373 g/mol. The van der Waals surface area contributed by atoms with E-state index in [4.69, 9.17) is 0 Å². The number of carbonyl (C=O) groups is 1. The molecule has 2 aromatic heterocycles. The fourth-order valence-corrected chi connectivity index (χ4v) is 4.23. The van der Waals surface area contributed by atoms with Crippen LogP contribution < -0.4 is 10.2 Å². The van der Waals surface area contributed by atoms with Gasteiger partial charge in [0.2, 0.25) is 5.91 Å². The van der Waals surface area contributed by atoms with E-state index in [1.165, 1.54) is 0 Å². The zero-order valence-electron chi connectivity index (χ0n) is 14.8. The highest BCUT2D eigenvalue weighted by atomic mass is 32.1. The lowest BCUT2D eigenvalue weighted by Gasteiger charge is -2.35. The van der Waals surface area contributed by atoms with E-state index in [0.717, 1.165) is 48.0 Å². The average Bonchev–Trinajstić information content (AvgIpc) is 3.19. The fraction of sp³-hybridized carbons (Fsp3) is 0.556. The predicted molar refractivity (Wildman–Crippen MR) is 99.3 cm³/mol. The fourth-order valence-electron chi connectivity index (χ4n) is 3.62. The first-order valence-corrected chi connectivity index (χ1v) is 9.90. The van der Waals surface area contributed by atoms with Gasteiger partial charge in [0.05, 0.1) is 23.2 Å². The second-order valence-electron chi connectivity index (χ2n) is 7.16. The largest absolute Gasteiger partial charge is 0.391 e. The lowest BCUT2D eigenvalue weighted by molar-refractivity contribution is -0.121. The number of rotatable bonds is 5. The van der Waals surface area contributed by atoms with E-state index in [2.05, 4.69) is 25.2 Å². The molecule has 4 rings (SSSR count). The number of nitrogens with zero attached hydrogens (tertiary/aromatic N) is 4. The number of aryl methyl sites for hydroxylation is 1. The minimum atomic E-state index is -0.266. The molecule has 0 aromatic carbocycles. The van der Waals surface area contributed by atoms with E-state index < -0.39 is 0 Å². The van der Waals surface area contributed by atoms with Gasteiger partial charge in [-0.1, -0.05) is 0 Å². The van der Waals surface area contributed by atoms with E-state index in [0.29, 0.717) is 18.9 Å². The molecule has 1 amide bonds. The highest BCUT2D eigenvalue weighted by Crippen LogP contribution is 2.36. The van der Waals surface area contributed by atoms with Gasteiger partial charge in [0, 0.05) is 42.2 Å². The Bertz CT molecular complexity index is 789. The third-order valence-electron chi connectivity index (χ3n) is 5.09. The Morgan fingerprint density at radius 2 is 2.27 bits per heavy atom. The zero-order chi connectivity index (χ0) is 18.1. The second kappa shape index (κ2) is 7.28. The molecule has 0 radical (unpaired) electrons. The van der Waals surface area contributed by atoms with Gasteiger partial charge in [-0.25, -0.2) is 15.0 Å². The summed E-state index contributed by atoms with van der Waals surface area (Å²) < 4.78 is 0. The number of hydrogen-bond acceptors (Lipinski definition) is 7. The van der Waals surface area contributed by atoms with Gasteiger partial charge in [-0.05, 0) is 26.2 Å². The number of anilines is 1. The van der Waals surface area contributed by atoms with E-state index >= 15 is 0 Å². The van der Waals surface area contributed by atoms with Gasteiger partial charge in [-0.2, -0.15) is 0 Å².